The van der Waals surface area contributed by atoms with E-state index in [0.717, 1.165) is 6.42 Å². The van der Waals surface area contributed by atoms with Crippen LogP contribution in [0.2, 0.25) is 0 Å². The largest absolute Gasteiger partial charge is 0.348 e. The summed E-state index contributed by atoms with van der Waals surface area (Å²) in [6.07, 6.45) is 0.833. The van der Waals surface area contributed by atoms with Gasteiger partial charge >= 0.3 is 0 Å². The number of carbonyl (C=O) groups is 1. The van der Waals surface area contributed by atoms with Gasteiger partial charge in [-0.2, -0.15) is 0 Å². The lowest BCUT2D eigenvalue weighted by atomic mass is 10.0. The number of rotatable bonds is 5. The third-order valence-electron chi connectivity index (χ3n) is 2.55. The molecule has 18 heavy (non-hydrogen) atoms. The van der Waals surface area contributed by atoms with Crippen LogP contribution in [0.5, 0.6) is 0 Å². The summed E-state index contributed by atoms with van der Waals surface area (Å²) in [6.45, 7) is 4.56. The first kappa shape index (κ1) is 15.4. The van der Waals surface area contributed by atoms with E-state index in [4.69, 9.17) is 5.73 Å². The average molecular weight is 364 g/mol. The molecule has 5 heteroatoms. The Morgan fingerprint density at radius 3 is 2.67 bits per heavy atom. The standard InChI is InChI=1S/C13H18FIN2O/c1-8(2)5-10(7-16)17-13(18)11-4-3-9(14)6-12(11)15/h3-4,6,8,10H,5,7,16H2,1-2H3,(H,17,18). The van der Waals surface area contributed by atoms with Gasteiger partial charge in [0.05, 0.1) is 5.56 Å². The van der Waals surface area contributed by atoms with Crippen LogP contribution in [0.1, 0.15) is 30.6 Å². The van der Waals surface area contributed by atoms with Crippen LogP contribution in [-0.2, 0) is 0 Å². The Morgan fingerprint density at radius 2 is 2.17 bits per heavy atom. The van der Waals surface area contributed by atoms with Gasteiger partial charge in [0.1, 0.15) is 5.82 Å². The van der Waals surface area contributed by atoms with E-state index in [2.05, 4.69) is 19.2 Å². The molecule has 0 fully saturated rings. The van der Waals surface area contributed by atoms with E-state index < -0.39 is 0 Å². The fourth-order valence-electron chi connectivity index (χ4n) is 1.72. The van der Waals surface area contributed by atoms with Crippen LogP contribution in [-0.4, -0.2) is 18.5 Å². The molecule has 0 saturated heterocycles. The van der Waals surface area contributed by atoms with Crippen LogP contribution in [0.25, 0.3) is 0 Å². The highest BCUT2D eigenvalue weighted by Crippen LogP contribution is 2.14. The van der Waals surface area contributed by atoms with Crippen molar-refractivity contribution in [3.05, 3.63) is 33.1 Å². The van der Waals surface area contributed by atoms with Crippen molar-refractivity contribution in [1.29, 1.82) is 0 Å². The first-order valence-corrected chi connectivity index (χ1v) is 6.98. The van der Waals surface area contributed by atoms with Crippen molar-refractivity contribution in [3.8, 4) is 0 Å². The maximum Gasteiger partial charge on any atom is 0.252 e. The van der Waals surface area contributed by atoms with Gasteiger partial charge in [-0.15, -0.1) is 0 Å². The van der Waals surface area contributed by atoms with Crippen LogP contribution in [0.4, 0.5) is 4.39 Å². The number of nitrogens with two attached hydrogens (primary N) is 1. The molecule has 100 valence electrons. The third-order valence-corrected chi connectivity index (χ3v) is 3.44. The van der Waals surface area contributed by atoms with Gasteiger partial charge in [-0.25, -0.2) is 4.39 Å². The molecule has 3 N–H and O–H groups in total. The number of benzene rings is 1. The van der Waals surface area contributed by atoms with Crippen LogP contribution in [0, 0.1) is 15.3 Å². The Kier molecular flexibility index (Phi) is 6.01. The summed E-state index contributed by atoms with van der Waals surface area (Å²) in [4.78, 5) is 12.0. The second-order valence-corrected chi connectivity index (χ2v) is 5.82. The molecule has 0 aliphatic heterocycles. The zero-order chi connectivity index (χ0) is 13.7. The van der Waals surface area contributed by atoms with Gasteiger partial charge in [0.25, 0.3) is 5.91 Å². The maximum absolute atomic E-state index is 13.0. The van der Waals surface area contributed by atoms with Crippen molar-refractivity contribution >= 4 is 28.5 Å². The summed E-state index contributed by atoms with van der Waals surface area (Å²) >= 11 is 1.95. The zero-order valence-corrected chi connectivity index (χ0v) is 12.7. The Bertz CT molecular complexity index is 423. The summed E-state index contributed by atoms with van der Waals surface area (Å²) in [5, 5.41) is 2.88. The fraction of sp³-hybridized carbons (Fsp3) is 0.462. The van der Waals surface area contributed by atoms with E-state index in [1.807, 2.05) is 22.6 Å². The first-order chi connectivity index (χ1) is 8.43. The van der Waals surface area contributed by atoms with E-state index in [1.54, 1.807) is 0 Å². The fourth-order valence-corrected chi connectivity index (χ4v) is 2.44. The lowest BCUT2D eigenvalue weighted by Crippen LogP contribution is -2.41. The van der Waals surface area contributed by atoms with E-state index >= 15 is 0 Å². The van der Waals surface area contributed by atoms with Crippen molar-refractivity contribution in [2.24, 2.45) is 11.7 Å². The number of hydrogen-bond donors (Lipinski definition) is 2. The van der Waals surface area contributed by atoms with E-state index in [0.29, 0.717) is 21.6 Å². The molecule has 1 rings (SSSR count). The van der Waals surface area contributed by atoms with Gasteiger partial charge in [0.15, 0.2) is 0 Å². The molecule has 0 saturated carbocycles. The highest BCUT2D eigenvalue weighted by atomic mass is 127. The Labute approximate surface area is 120 Å². The molecule has 1 atom stereocenters. The van der Waals surface area contributed by atoms with Gasteiger partial charge in [0.2, 0.25) is 0 Å². The van der Waals surface area contributed by atoms with Crippen molar-refractivity contribution in [2.75, 3.05) is 6.54 Å². The lowest BCUT2D eigenvalue weighted by Gasteiger charge is -2.19. The minimum Gasteiger partial charge on any atom is -0.348 e. The van der Waals surface area contributed by atoms with Crippen molar-refractivity contribution in [3.63, 3.8) is 0 Å². The number of carbonyl (C=O) groups excluding carboxylic acids is 1. The molecule has 1 aromatic rings. The summed E-state index contributed by atoms with van der Waals surface area (Å²) < 4.78 is 13.6. The average Bonchev–Trinajstić information content (AvgIpc) is 2.27. The SMILES string of the molecule is CC(C)CC(CN)NC(=O)c1ccc(F)cc1I. The summed E-state index contributed by atoms with van der Waals surface area (Å²) in [5.41, 5.74) is 6.12. The molecular weight excluding hydrogens is 346 g/mol. The van der Waals surface area contributed by atoms with Gasteiger partial charge in [-0.1, -0.05) is 13.8 Å². The van der Waals surface area contributed by atoms with Gasteiger partial charge in [0, 0.05) is 16.2 Å². The van der Waals surface area contributed by atoms with Crippen LogP contribution in [0.15, 0.2) is 18.2 Å². The summed E-state index contributed by atoms with van der Waals surface area (Å²) in [6, 6.07) is 4.08. The monoisotopic (exact) mass is 364 g/mol. The first-order valence-electron chi connectivity index (χ1n) is 5.90. The lowest BCUT2D eigenvalue weighted by molar-refractivity contribution is 0.0933. The molecule has 3 nitrogen and oxygen atoms in total. The van der Waals surface area contributed by atoms with Crippen molar-refractivity contribution in [1.82, 2.24) is 5.32 Å². The quantitative estimate of drug-likeness (QED) is 0.789. The highest BCUT2D eigenvalue weighted by Gasteiger charge is 2.16. The minimum atomic E-state index is -0.339. The van der Waals surface area contributed by atoms with Gasteiger partial charge < -0.3 is 11.1 Å². The molecule has 0 spiro atoms. The second-order valence-electron chi connectivity index (χ2n) is 4.66. The number of amides is 1. The van der Waals surface area contributed by atoms with Crippen LogP contribution in [0.3, 0.4) is 0 Å². The molecule has 0 radical (unpaired) electrons. The number of nitrogens with one attached hydrogen (secondary N) is 1. The smallest absolute Gasteiger partial charge is 0.252 e. The van der Waals surface area contributed by atoms with Crippen molar-refractivity contribution in [2.45, 2.75) is 26.3 Å². The van der Waals surface area contributed by atoms with Gasteiger partial charge in [-0.05, 0) is 53.1 Å². The van der Waals surface area contributed by atoms with E-state index in [-0.39, 0.29) is 17.8 Å². The molecule has 0 aliphatic rings. The molecular formula is C13H18FIN2O. The number of hydrogen-bond acceptors (Lipinski definition) is 2. The van der Waals surface area contributed by atoms with Crippen LogP contribution >= 0.6 is 22.6 Å². The Balaban J connectivity index is 2.74. The number of halogens is 2. The molecule has 1 unspecified atom stereocenters. The third kappa shape index (κ3) is 4.53. The predicted molar refractivity (Wildman–Crippen MR) is 78.9 cm³/mol. The normalized spacial score (nSPS) is 12.6. The maximum atomic E-state index is 13.0. The molecule has 0 heterocycles. The highest BCUT2D eigenvalue weighted by molar-refractivity contribution is 14.1. The van der Waals surface area contributed by atoms with Crippen LogP contribution < -0.4 is 11.1 Å². The minimum absolute atomic E-state index is 0.0432. The van der Waals surface area contributed by atoms with Gasteiger partial charge in [-0.3, -0.25) is 4.79 Å². The molecule has 0 aromatic heterocycles. The van der Waals surface area contributed by atoms with E-state index in [1.165, 1.54) is 18.2 Å². The molecule has 1 aromatic carbocycles. The summed E-state index contributed by atoms with van der Waals surface area (Å²) in [5.74, 6) is -0.0739. The Hall–Kier alpha value is -0.690. The molecule has 0 bridgehead atoms. The molecule has 0 aliphatic carbocycles. The molecule has 1 amide bonds. The second kappa shape index (κ2) is 7.04. The predicted octanol–water partition coefficient (Wildman–Crippen LogP) is 2.53. The summed E-state index contributed by atoms with van der Waals surface area (Å²) in [7, 11) is 0. The zero-order valence-electron chi connectivity index (χ0n) is 10.5. The van der Waals surface area contributed by atoms with Crippen molar-refractivity contribution < 1.29 is 9.18 Å². The van der Waals surface area contributed by atoms with E-state index in [9.17, 15) is 9.18 Å². The topological polar surface area (TPSA) is 55.1 Å². The Morgan fingerprint density at radius 1 is 1.50 bits per heavy atom.